The number of rotatable bonds is 1. The van der Waals surface area contributed by atoms with Gasteiger partial charge >= 0.3 is 19.5 Å². The van der Waals surface area contributed by atoms with Gasteiger partial charge in [-0.1, -0.05) is 11.6 Å². The molecule has 1 aliphatic heterocycles. The maximum atomic E-state index is 12.9. The molecule has 10 heteroatoms. The molecule has 0 unspecified atom stereocenters. The van der Waals surface area contributed by atoms with Gasteiger partial charge in [-0.15, -0.1) is 0 Å². The van der Waals surface area contributed by atoms with Crippen LogP contribution in [0.1, 0.15) is 27.7 Å². The van der Waals surface area contributed by atoms with E-state index in [1.165, 1.54) is 27.7 Å². The number of hydrogen-bond donors (Lipinski definition) is 0. The van der Waals surface area contributed by atoms with Crippen LogP contribution in [0.25, 0.3) is 0 Å². The van der Waals surface area contributed by atoms with Gasteiger partial charge in [-0.25, -0.2) is 0 Å². The van der Waals surface area contributed by atoms with E-state index in [1.54, 1.807) is 0 Å². The Morgan fingerprint density at radius 3 is 1.45 bits per heavy atom. The monoisotopic (exact) mass is 324 g/mol. The molecule has 1 rings (SSSR count). The molecular weight excluding hydrogens is 312 g/mol. The lowest BCUT2D eigenvalue weighted by atomic mass is 9.77. The van der Waals surface area contributed by atoms with Gasteiger partial charge in [0.2, 0.25) is 0 Å². The van der Waals surface area contributed by atoms with Gasteiger partial charge in [-0.2, -0.15) is 26.3 Å². The lowest BCUT2D eigenvalue weighted by Gasteiger charge is -2.32. The summed E-state index contributed by atoms with van der Waals surface area (Å²) in [6.45, 7) is 5.68. The Labute approximate surface area is 117 Å². The highest BCUT2D eigenvalue weighted by molar-refractivity contribution is 6.57. The maximum Gasteiger partial charge on any atom is 0.501 e. The molecule has 0 saturated carbocycles. The predicted molar refractivity (Wildman–Crippen MR) is 61.1 cm³/mol. The quantitative estimate of drug-likeness (QED) is 0.531. The zero-order valence-corrected chi connectivity index (χ0v) is 11.8. The molecular formula is C10H12BClF6O2. The van der Waals surface area contributed by atoms with Crippen molar-refractivity contribution in [3.05, 3.63) is 10.5 Å². The Morgan fingerprint density at radius 1 is 0.850 bits per heavy atom. The number of alkyl halides is 6. The van der Waals surface area contributed by atoms with Crippen molar-refractivity contribution in [1.82, 2.24) is 0 Å². The zero-order chi connectivity index (χ0) is 16.1. The summed E-state index contributed by atoms with van der Waals surface area (Å²) in [5, 5.41) is -2.29. The summed E-state index contributed by atoms with van der Waals surface area (Å²) in [4.78, 5) is 0. The predicted octanol–water partition coefficient (Wildman–Crippen LogP) is 4.24. The fraction of sp³-hybridized carbons (Fsp3) is 0.800. The molecule has 1 saturated heterocycles. The SMILES string of the molecule is CC1(C)OB(/C(=C(/Cl)C(F)(F)F)C(F)(F)F)OC1(C)C. The second-order valence-electron chi connectivity index (χ2n) is 5.31. The van der Waals surface area contributed by atoms with Crippen LogP contribution in [0, 0.1) is 0 Å². The normalized spacial score (nSPS) is 23.9. The summed E-state index contributed by atoms with van der Waals surface area (Å²) in [5.74, 6) is 0. The van der Waals surface area contributed by atoms with Crippen LogP contribution in [0.4, 0.5) is 26.3 Å². The molecule has 0 aromatic rings. The Bertz CT molecular complexity index is 410. The highest BCUT2D eigenvalue weighted by Gasteiger charge is 2.60. The van der Waals surface area contributed by atoms with E-state index in [2.05, 4.69) is 0 Å². The molecule has 0 aliphatic carbocycles. The third kappa shape index (κ3) is 3.25. The average molecular weight is 324 g/mol. The van der Waals surface area contributed by atoms with Gasteiger partial charge in [-0.3, -0.25) is 0 Å². The van der Waals surface area contributed by atoms with E-state index in [0.29, 0.717) is 0 Å². The van der Waals surface area contributed by atoms with Crippen LogP contribution in [0.2, 0.25) is 0 Å². The molecule has 0 amide bonds. The summed E-state index contributed by atoms with van der Waals surface area (Å²) < 4.78 is 85.9. The van der Waals surface area contributed by atoms with Crippen molar-refractivity contribution in [2.24, 2.45) is 0 Å². The first-order chi connectivity index (χ1) is 8.59. The van der Waals surface area contributed by atoms with Crippen molar-refractivity contribution in [1.29, 1.82) is 0 Å². The highest BCUT2D eigenvalue weighted by atomic mass is 35.5. The number of allylic oxidation sites excluding steroid dienone is 2. The summed E-state index contributed by atoms with van der Waals surface area (Å²) in [6, 6.07) is 0. The third-order valence-electron chi connectivity index (χ3n) is 3.28. The minimum atomic E-state index is -5.34. The Morgan fingerprint density at radius 2 is 1.20 bits per heavy atom. The van der Waals surface area contributed by atoms with E-state index in [-0.39, 0.29) is 0 Å². The van der Waals surface area contributed by atoms with E-state index in [0.717, 1.165) is 0 Å². The Kier molecular flexibility index (Phi) is 4.24. The summed E-state index contributed by atoms with van der Waals surface area (Å²) in [5.41, 5.74) is -4.50. The van der Waals surface area contributed by atoms with Crippen LogP contribution in [0.3, 0.4) is 0 Å². The van der Waals surface area contributed by atoms with Gasteiger partial charge in [0, 0.05) is 0 Å². The van der Waals surface area contributed by atoms with Crippen LogP contribution < -0.4 is 0 Å². The summed E-state index contributed by atoms with van der Waals surface area (Å²) in [6.07, 6.45) is -10.7. The first-order valence-corrected chi connectivity index (χ1v) is 5.87. The fourth-order valence-corrected chi connectivity index (χ4v) is 1.67. The average Bonchev–Trinajstić information content (AvgIpc) is 2.30. The van der Waals surface area contributed by atoms with Crippen LogP contribution in [0.5, 0.6) is 0 Å². The van der Waals surface area contributed by atoms with Crippen LogP contribution in [-0.2, 0) is 9.31 Å². The van der Waals surface area contributed by atoms with E-state index >= 15 is 0 Å². The zero-order valence-electron chi connectivity index (χ0n) is 11.0. The molecule has 2 nitrogen and oxygen atoms in total. The molecule has 0 atom stereocenters. The maximum absolute atomic E-state index is 12.9. The standard InChI is InChI=1S/C10H12BClF6O2/c1-7(2)8(3,4)20-11(19-7)5(9(13,14)15)6(12)10(16,17)18/h1-4H3/b6-5+. The molecule has 0 radical (unpaired) electrons. The molecule has 0 aromatic heterocycles. The van der Waals surface area contributed by atoms with E-state index in [1.807, 2.05) is 0 Å². The van der Waals surface area contributed by atoms with Gasteiger partial charge in [-0.05, 0) is 27.7 Å². The molecule has 0 aromatic carbocycles. The molecule has 116 valence electrons. The molecule has 1 aliphatic rings. The van der Waals surface area contributed by atoms with Crippen molar-refractivity contribution in [3.63, 3.8) is 0 Å². The van der Waals surface area contributed by atoms with E-state index < -0.39 is 41.2 Å². The van der Waals surface area contributed by atoms with Crippen molar-refractivity contribution in [2.45, 2.75) is 51.2 Å². The second-order valence-corrected chi connectivity index (χ2v) is 5.69. The van der Waals surface area contributed by atoms with Gasteiger partial charge < -0.3 is 9.31 Å². The fourth-order valence-electron chi connectivity index (χ4n) is 1.48. The van der Waals surface area contributed by atoms with Crippen molar-refractivity contribution in [2.75, 3.05) is 0 Å². The van der Waals surface area contributed by atoms with E-state index in [4.69, 9.17) is 20.9 Å². The topological polar surface area (TPSA) is 18.5 Å². The number of hydrogen-bond acceptors (Lipinski definition) is 2. The van der Waals surface area contributed by atoms with Gasteiger partial charge in [0.1, 0.15) is 5.03 Å². The molecule has 1 fully saturated rings. The smallest absolute Gasteiger partial charge is 0.399 e. The minimum absolute atomic E-state index is 1.21. The molecule has 20 heavy (non-hydrogen) atoms. The van der Waals surface area contributed by atoms with Crippen LogP contribution >= 0.6 is 11.6 Å². The first-order valence-electron chi connectivity index (χ1n) is 5.49. The van der Waals surface area contributed by atoms with Crippen molar-refractivity contribution < 1.29 is 35.7 Å². The Hall–Kier alpha value is -0.405. The van der Waals surface area contributed by atoms with Gasteiger partial charge in [0.05, 0.1) is 16.7 Å². The highest BCUT2D eigenvalue weighted by Crippen LogP contribution is 2.46. The van der Waals surface area contributed by atoms with E-state index in [9.17, 15) is 26.3 Å². The van der Waals surface area contributed by atoms with Gasteiger partial charge in [0.25, 0.3) is 0 Å². The van der Waals surface area contributed by atoms with Crippen molar-refractivity contribution >= 4 is 18.7 Å². The van der Waals surface area contributed by atoms with Crippen molar-refractivity contribution in [3.8, 4) is 0 Å². The van der Waals surface area contributed by atoms with Crippen LogP contribution in [-0.4, -0.2) is 30.7 Å². The molecule has 0 bridgehead atoms. The molecule has 0 spiro atoms. The minimum Gasteiger partial charge on any atom is -0.399 e. The molecule has 0 N–H and O–H groups in total. The lowest BCUT2D eigenvalue weighted by Crippen LogP contribution is -2.41. The Balaban J connectivity index is 3.32. The lowest BCUT2D eigenvalue weighted by molar-refractivity contribution is -0.107. The molecule has 1 heterocycles. The largest absolute Gasteiger partial charge is 0.501 e. The second kappa shape index (κ2) is 4.81. The summed E-state index contributed by atoms with van der Waals surface area (Å²) in [7, 11) is -2.23. The third-order valence-corrected chi connectivity index (χ3v) is 3.70. The first kappa shape index (κ1) is 17.6. The van der Waals surface area contributed by atoms with Crippen LogP contribution in [0.15, 0.2) is 10.5 Å². The van der Waals surface area contributed by atoms with Gasteiger partial charge in [0.15, 0.2) is 0 Å². The summed E-state index contributed by atoms with van der Waals surface area (Å²) >= 11 is 4.85. The number of halogens is 7.